The van der Waals surface area contributed by atoms with E-state index in [-0.39, 0.29) is 0 Å². The zero-order chi connectivity index (χ0) is 16.4. The molecule has 0 aliphatic carbocycles. The van der Waals surface area contributed by atoms with Gasteiger partial charge in [0.05, 0.1) is 6.21 Å². The maximum absolute atomic E-state index is 5.29. The third-order valence-electron chi connectivity index (χ3n) is 3.50. The standard InChI is InChI=1S/C17H28N4S/c1-5-8-13-18-17(22)20(4)19-14-15-9-11-16(12-10-15)21(6-2)7-3/h9-12,14H,5-8,13H2,1-4H3,(H,18,22)/b19-14+. The summed E-state index contributed by atoms with van der Waals surface area (Å²) in [5.74, 6) is 0. The molecule has 0 saturated carbocycles. The maximum Gasteiger partial charge on any atom is 0.189 e. The number of rotatable bonds is 8. The highest BCUT2D eigenvalue weighted by atomic mass is 32.1. The molecular weight excluding hydrogens is 292 g/mol. The monoisotopic (exact) mass is 320 g/mol. The number of anilines is 1. The molecule has 1 rings (SSSR count). The van der Waals surface area contributed by atoms with Gasteiger partial charge in [0, 0.05) is 32.4 Å². The summed E-state index contributed by atoms with van der Waals surface area (Å²) in [6, 6.07) is 8.43. The van der Waals surface area contributed by atoms with Crippen molar-refractivity contribution < 1.29 is 0 Å². The van der Waals surface area contributed by atoms with E-state index < -0.39 is 0 Å². The molecule has 0 saturated heterocycles. The molecule has 0 atom stereocenters. The average Bonchev–Trinajstić information content (AvgIpc) is 2.55. The van der Waals surface area contributed by atoms with E-state index in [0.29, 0.717) is 5.11 Å². The van der Waals surface area contributed by atoms with E-state index in [1.165, 1.54) is 5.69 Å². The molecule has 1 aromatic carbocycles. The molecule has 4 nitrogen and oxygen atoms in total. The van der Waals surface area contributed by atoms with E-state index in [1.54, 1.807) is 5.01 Å². The first-order valence-corrected chi connectivity index (χ1v) is 8.43. The van der Waals surface area contributed by atoms with Gasteiger partial charge in [0.2, 0.25) is 0 Å². The van der Waals surface area contributed by atoms with Gasteiger partial charge in [-0.3, -0.25) is 0 Å². The summed E-state index contributed by atoms with van der Waals surface area (Å²) in [5.41, 5.74) is 2.31. The van der Waals surface area contributed by atoms with Crippen molar-refractivity contribution in [3.63, 3.8) is 0 Å². The van der Waals surface area contributed by atoms with Crippen molar-refractivity contribution in [2.75, 3.05) is 31.6 Å². The molecule has 122 valence electrons. The van der Waals surface area contributed by atoms with Crippen LogP contribution >= 0.6 is 12.2 Å². The first-order valence-electron chi connectivity index (χ1n) is 8.02. The first kappa shape index (κ1) is 18.4. The van der Waals surface area contributed by atoms with Gasteiger partial charge in [-0.2, -0.15) is 5.10 Å². The lowest BCUT2D eigenvalue weighted by atomic mass is 10.2. The lowest BCUT2D eigenvalue weighted by Gasteiger charge is -2.20. The van der Waals surface area contributed by atoms with Gasteiger partial charge in [-0.25, -0.2) is 5.01 Å². The van der Waals surface area contributed by atoms with Crippen molar-refractivity contribution in [1.29, 1.82) is 0 Å². The molecule has 0 aromatic heterocycles. The summed E-state index contributed by atoms with van der Waals surface area (Å²) in [6.07, 6.45) is 4.10. The number of unbranched alkanes of at least 4 members (excludes halogenated alkanes) is 1. The van der Waals surface area contributed by atoms with Crippen LogP contribution in [0.3, 0.4) is 0 Å². The summed E-state index contributed by atoms with van der Waals surface area (Å²) < 4.78 is 0. The molecule has 0 spiro atoms. The summed E-state index contributed by atoms with van der Waals surface area (Å²) in [6.45, 7) is 9.43. The van der Waals surface area contributed by atoms with E-state index in [9.17, 15) is 0 Å². The fourth-order valence-electron chi connectivity index (χ4n) is 2.05. The van der Waals surface area contributed by atoms with Crippen molar-refractivity contribution in [2.24, 2.45) is 5.10 Å². The molecule has 0 heterocycles. The number of benzene rings is 1. The summed E-state index contributed by atoms with van der Waals surface area (Å²) in [5, 5.41) is 9.93. The highest BCUT2D eigenvalue weighted by molar-refractivity contribution is 7.80. The fraction of sp³-hybridized carbons (Fsp3) is 0.529. The molecular formula is C17H28N4S. The van der Waals surface area contributed by atoms with E-state index >= 15 is 0 Å². The summed E-state index contributed by atoms with van der Waals surface area (Å²) in [4.78, 5) is 2.32. The molecule has 0 bridgehead atoms. The van der Waals surface area contributed by atoms with Crippen molar-refractivity contribution in [3.05, 3.63) is 29.8 Å². The van der Waals surface area contributed by atoms with Crippen LogP contribution in [-0.4, -0.2) is 43.0 Å². The molecule has 5 heteroatoms. The second-order valence-corrected chi connectivity index (χ2v) is 5.50. The van der Waals surface area contributed by atoms with E-state index in [4.69, 9.17) is 12.2 Å². The summed E-state index contributed by atoms with van der Waals surface area (Å²) >= 11 is 5.29. The van der Waals surface area contributed by atoms with Crippen LogP contribution in [0.15, 0.2) is 29.4 Å². The van der Waals surface area contributed by atoms with E-state index in [1.807, 2.05) is 13.3 Å². The highest BCUT2D eigenvalue weighted by Crippen LogP contribution is 2.14. The molecule has 0 aliphatic rings. The Morgan fingerprint density at radius 2 is 1.82 bits per heavy atom. The molecule has 0 unspecified atom stereocenters. The molecule has 0 radical (unpaired) electrons. The van der Waals surface area contributed by atoms with Gasteiger partial charge in [-0.15, -0.1) is 0 Å². The van der Waals surface area contributed by atoms with Gasteiger partial charge >= 0.3 is 0 Å². The van der Waals surface area contributed by atoms with E-state index in [2.05, 4.69) is 60.4 Å². The largest absolute Gasteiger partial charge is 0.372 e. The highest BCUT2D eigenvalue weighted by Gasteiger charge is 2.02. The Kier molecular flexibility index (Phi) is 8.51. The number of thiocarbonyl (C=S) groups is 1. The Morgan fingerprint density at radius 3 is 2.36 bits per heavy atom. The zero-order valence-electron chi connectivity index (χ0n) is 14.2. The SMILES string of the molecule is CCCCNC(=S)N(C)/N=C/c1ccc(N(CC)CC)cc1. The van der Waals surface area contributed by atoms with Gasteiger partial charge in [0.1, 0.15) is 0 Å². The van der Waals surface area contributed by atoms with Crippen molar-refractivity contribution >= 4 is 29.2 Å². The van der Waals surface area contributed by atoms with Gasteiger partial charge in [-0.05, 0) is 50.2 Å². The number of nitrogens with one attached hydrogen (secondary N) is 1. The minimum absolute atomic E-state index is 0.657. The lowest BCUT2D eigenvalue weighted by Crippen LogP contribution is -2.34. The van der Waals surface area contributed by atoms with Crippen LogP contribution in [0.2, 0.25) is 0 Å². The van der Waals surface area contributed by atoms with Crippen molar-refractivity contribution in [3.8, 4) is 0 Å². The normalized spacial score (nSPS) is 10.7. The Labute approximate surface area is 140 Å². The molecule has 1 aromatic rings. The predicted molar refractivity (Wildman–Crippen MR) is 101 cm³/mol. The third-order valence-corrected chi connectivity index (χ3v) is 3.91. The third kappa shape index (κ3) is 6.02. The number of nitrogens with zero attached hydrogens (tertiary/aromatic N) is 3. The van der Waals surface area contributed by atoms with Crippen LogP contribution in [0, 0.1) is 0 Å². The minimum Gasteiger partial charge on any atom is -0.372 e. The maximum atomic E-state index is 5.29. The molecule has 1 N–H and O–H groups in total. The smallest absolute Gasteiger partial charge is 0.189 e. The van der Waals surface area contributed by atoms with E-state index in [0.717, 1.165) is 38.0 Å². The number of hydrogen-bond donors (Lipinski definition) is 1. The molecule has 0 aliphatic heterocycles. The quantitative estimate of drug-likeness (QED) is 0.344. The van der Waals surface area contributed by atoms with Gasteiger partial charge in [0.25, 0.3) is 0 Å². The average molecular weight is 321 g/mol. The van der Waals surface area contributed by atoms with Crippen LogP contribution in [0.1, 0.15) is 39.2 Å². The topological polar surface area (TPSA) is 30.9 Å². The second-order valence-electron chi connectivity index (χ2n) is 5.12. The first-order chi connectivity index (χ1) is 10.6. The minimum atomic E-state index is 0.657. The summed E-state index contributed by atoms with van der Waals surface area (Å²) in [7, 11) is 1.86. The van der Waals surface area contributed by atoms with Gasteiger partial charge < -0.3 is 10.2 Å². The second kappa shape index (κ2) is 10.2. The van der Waals surface area contributed by atoms with Crippen LogP contribution in [0.25, 0.3) is 0 Å². The Bertz CT molecular complexity index is 466. The van der Waals surface area contributed by atoms with Crippen molar-refractivity contribution in [1.82, 2.24) is 10.3 Å². The Morgan fingerprint density at radius 1 is 1.18 bits per heavy atom. The van der Waals surface area contributed by atoms with Gasteiger partial charge in [0.15, 0.2) is 5.11 Å². The fourth-order valence-corrected chi connectivity index (χ4v) is 2.20. The number of hydrazone groups is 1. The Hall–Kier alpha value is -1.62. The predicted octanol–water partition coefficient (Wildman–Crippen LogP) is 3.47. The van der Waals surface area contributed by atoms with Crippen LogP contribution < -0.4 is 10.2 Å². The van der Waals surface area contributed by atoms with Gasteiger partial charge in [-0.1, -0.05) is 25.5 Å². The zero-order valence-corrected chi connectivity index (χ0v) is 15.0. The lowest BCUT2D eigenvalue weighted by molar-refractivity contribution is 0.530. The van der Waals surface area contributed by atoms with Crippen LogP contribution in [0.4, 0.5) is 5.69 Å². The Balaban J connectivity index is 2.56. The number of hydrogen-bond acceptors (Lipinski definition) is 3. The van der Waals surface area contributed by atoms with Crippen LogP contribution in [-0.2, 0) is 0 Å². The van der Waals surface area contributed by atoms with Crippen LogP contribution in [0.5, 0.6) is 0 Å². The molecule has 0 amide bonds. The molecule has 0 fully saturated rings. The van der Waals surface area contributed by atoms with Crippen molar-refractivity contribution in [2.45, 2.75) is 33.6 Å². The molecule has 22 heavy (non-hydrogen) atoms.